The van der Waals surface area contributed by atoms with Crippen LogP contribution in [0, 0.1) is 0 Å². The lowest BCUT2D eigenvalue weighted by atomic mass is 10.1. The van der Waals surface area contributed by atoms with Gasteiger partial charge in [-0.25, -0.2) is 10.5 Å². The molecule has 0 unspecified atom stereocenters. The molecule has 0 saturated carbocycles. The molecule has 112 valence electrons. The Hall–Kier alpha value is -2.44. The van der Waals surface area contributed by atoms with Crippen LogP contribution in [0.2, 0.25) is 0 Å². The zero-order chi connectivity index (χ0) is 15.4. The third-order valence-corrected chi connectivity index (χ3v) is 4.44. The number of aromatic amines is 1. The van der Waals surface area contributed by atoms with Crippen molar-refractivity contribution in [3.8, 4) is 10.6 Å². The third kappa shape index (κ3) is 3.24. The molecule has 3 aromatic rings. The largest absolute Gasteiger partial charge is 0.341 e. The number of carbonyl (C=O) groups excluding carboxylic acids is 1. The van der Waals surface area contributed by atoms with Crippen LogP contribution >= 0.6 is 11.3 Å². The number of hydroxylamine groups is 1. The number of nitrogens with zero attached hydrogens (tertiary/aromatic N) is 1. The van der Waals surface area contributed by atoms with Crippen LogP contribution in [-0.2, 0) is 12.8 Å². The second-order valence-corrected chi connectivity index (χ2v) is 5.92. The fraction of sp³-hybridized carbons (Fsp3) is 0.125. The summed E-state index contributed by atoms with van der Waals surface area (Å²) in [4.78, 5) is 20.4. The smallest absolute Gasteiger partial charge is 0.284 e. The minimum absolute atomic E-state index is 0.456. The van der Waals surface area contributed by atoms with E-state index < -0.39 is 5.91 Å². The molecule has 22 heavy (non-hydrogen) atoms. The number of nitrogens with one attached hydrogen (secondary N) is 2. The lowest BCUT2D eigenvalue weighted by molar-refractivity contribution is 0.0711. The van der Waals surface area contributed by atoms with Crippen molar-refractivity contribution in [2.45, 2.75) is 12.8 Å². The monoisotopic (exact) mass is 313 g/mol. The molecule has 0 atom stereocenters. The maximum atomic E-state index is 11.3. The van der Waals surface area contributed by atoms with Gasteiger partial charge in [-0.1, -0.05) is 30.3 Å². The van der Waals surface area contributed by atoms with Gasteiger partial charge in [-0.2, -0.15) is 0 Å². The van der Waals surface area contributed by atoms with Crippen molar-refractivity contribution in [2.75, 3.05) is 0 Å². The predicted octanol–water partition coefficient (Wildman–Crippen LogP) is 3.04. The van der Waals surface area contributed by atoms with Crippen LogP contribution in [0.15, 0.2) is 48.7 Å². The van der Waals surface area contributed by atoms with Crippen molar-refractivity contribution < 1.29 is 10.0 Å². The number of amides is 1. The number of benzene rings is 1. The molecule has 2 heterocycles. The van der Waals surface area contributed by atoms with Crippen molar-refractivity contribution in [2.24, 2.45) is 0 Å². The van der Waals surface area contributed by atoms with Crippen LogP contribution in [-0.4, -0.2) is 21.1 Å². The summed E-state index contributed by atoms with van der Waals surface area (Å²) >= 11 is 1.30. The number of thiophene rings is 1. The van der Waals surface area contributed by atoms with Crippen molar-refractivity contribution in [1.29, 1.82) is 0 Å². The second-order valence-electron chi connectivity index (χ2n) is 4.83. The number of hydrogen-bond acceptors (Lipinski definition) is 4. The molecular weight excluding hydrogens is 298 g/mol. The van der Waals surface area contributed by atoms with Crippen molar-refractivity contribution in [1.82, 2.24) is 15.4 Å². The maximum Gasteiger partial charge on any atom is 0.284 e. The molecule has 0 aliphatic rings. The Morgan fingerprint density at radius 3 is 2.77 bits per heavy atom. The quantitative estimate of drug-likeness (QED) is 0.500. The topological polar surface area (TPSA) is 78.0 Å². The second kappa shape index (κ2) is 6.55. The molecule has 2 aromatic heterocycles. The normalized spacial score (nSPS) is 10.6. The first-order valence-electron chi connectivity index (χ1n) is 6.88. The summed E-state index contributed by atoms with van der Waals surface area (Å²) in [5.74, 6) is 0.417. The number of aryl methyl sites for hydroxylation is 2. The van der Waals surface area contributed by atoms with Crippen LogP contribution < -0.4 is 5.48 Å². The number of rotatable bonds is 5. The highest BCUT2D eigenvalue weighted by molar-refractivity contribution is 7.17. The summed E-state index contributed by atoms with van der Waals surface area (Å²) in [5, 5.41) is 8.64. The summed E-state index contributed by atoms with van der Waals surface area (Å²) < 4.78 is 0. The predicted molar refractivity (Wildman–Crippen MR) is 85.0 cm³/mol. The Labute approximate surface area is 131 Å². The molecule has 1 amide bonds. The Kier molecular flexibility index (Phi) is 4.32. The highest BCUT2D eigenvalue weighted by Crippen LogP contribution is 2.26. The molecule has 3 N–H and O–H groups in total. The molecule has 5 nitrogen and oxygen atoms in total. The van der Waals surface area contributed by atoms with E-state index in [4.69, 9.17) is 5.21 Å². The van der Waals surface area contributed by atoms with Crippen LogP contribution in [0.5, 0.6) is 0 Å². The lowest BCUT2D eigenvalue weighted by Gasteiger charge is -1.98. The van der Waals surface area contributed by atoms with Crippen molar-refractivity contribution >= 4 is 17.2 Å². The van der Waals surface area contributed by atoms with Gasteiger partial charge in [0.1, 0.15) is 5.82 Å². The first kappa shape index (κ1) is 14.5. The van der Waals surface area contributed by atoms with Gasteiger partial charge in [0.15, 0.2) is 0 Å². The zero-order valence-corrected chi connectivity index (χ0v) is 12.6. The minimum atomic E-state index is -0.500. The van der Waals surface area contributed by atoms with Crippen LogP contribution in [0.1, 0.15) is 21.1 Å². The van der Waals surface area contributed by atoms with Gasteiger partial charge >= 0.3 is 0 Å². The van der Waals surface area contributed by atoms with Crippen molar-refractivity contribution in [3.63, 3.8) is 0 Å². The van der Waals surface area contributed by atoms with E-state index in [0.717, 1.165) is 29.2 Å². The summed E-state index contributed by atoms with van der Waals surface area (Å²) in [6.07, 6.45) is 3.53. The van der Waals surface area contributed by atoms with Gasteiger partial charge < -0.3 is 4.98 Å². The van der Waals surface area contributed by atoms with E-state index >= 15 is 0 Å². The van der Waals surface area contributed by atoms with Gasteiger partial charge in [0.05, 0.1) is 21.6 Å². The zero-order valence-electron chi connectivity index (χ0n) is 11.7. The molecule has 0 saturated heterocycles. The molecule has 0 aliphatic heterocycles. The van der Waals surface area contributed by atoms with Gasteiger partial charge in [-0.3, -0.25) is 10.0 Å². The molecule has 6 heteroatoms. The van der Waals surface area contributed by atoms with Gasteiger partial charge in [0, 0.05) is 6.42 Å². The Morgan fingerprint density at radius 1 is 1.18 bits per heavy atom. The fourth-order valence-corrected chi connectivity index (χ4v) is 3.04. The number of imidazole rings is 1. The van der Waals surface area contributed by atoms with Gasteiger partial charge in [-0.05, 0) is 24.1 Å². The first-order valence-corrected chi connectivity index (χ1v) is 7.70. The SMILES string of the molecule is O=C(NO)c1ccc(-c2cnc(CCc3ccccc3)[nH]2)s1. The molecule has 0 spiro atoms. The van der Waals surface area contributed by atoms with E-state index in [9.17, 15) is 4.79 Å². The number of H-pyrrole nitrogens is 1. The maximum absolute atomic E-state index is 11.3. The molecule has 0 radical (unpaired) electrons. The van der Waals surface area contributed by atoms with E-state index in [0.29, 0.717) is 4.88 Å². The number of carbonyl (C=O) groups is 1. The standard InChI is InChI=1S/C16H15N3O2S/c20-16(19-21)14-8-7-13(22-14)12-10-17-15(18-12)9-6-11-4-2-1-3-5-11/h1-5,7-8,10,21H,6,9H2,(H,17,18)(H,19,20). The minimum Gasteiger partial charge on any atom is -0.341 e. The fourth-order valence-electron chi connectivity index (χ4n) is 2.18. The Bertz CT molecular complexity index is 765. The summed E-state index contributed by atoms with van der Waals surface area (Å²) in [6, 6.07) is 13.8. The van der Waals surface area contributed by atoms with Crippen LogP contribution in [0.25, 0.3) is 10.6 Å². The molecule has 0 bridgehead atoms. The number of aromatic nitrogens is 2. The molecule has 3 rings (SSSR count). The van der Waals surface area contributed by atoms with Crippen molar-refractivity contribution in [3.05, 3.63) is 64.9 Å². The van der Waals surface area contributed by atoms with Gasteiger partial charge in [-0.15, -0.1) is 11.3 Å². The van der Waals surface area contributed by atoms with Crippen LogP contribution in [0.3, 0.4) is 0 Å². The van der Waals surface area contributed by atoms with Crippen LogP contribution in [0.4, 0.5) is 0 Å². The van der Waals surface area contributed by atoms with Gasteiger partial charge in [0.25, 0.3) is 5.91 Å². The summed E-state index contributed by atoms with van der Waals surface area (Å²) in [7, 11) is 0. The summed E-state index contributed by atoms with van der Waals surface area (Å²) in [5.41, 5.74) is 3.79. The first-order chi connectivity index (χ1) is 10.8. The third-order valence-electron chi connectivity index (χ3n) is 3.32. The van der Waals surface area contributed by atoms with E-state index in [-0.39, 0.29) is 0 Å². The molecule has 0 fully saturated rings. The molecule has 0 aliphatic carbocycles. The number of hydrogen-bond donors (Lipinski definition) is 3. The average Bonchev–Trinajstić information content (AvgIpc) is 3.22. The lowest BCUT2D eigenvalue weighted by Crippen LogP contribution is -2.16. The Morgan fingerprint density at radius 2 is 2.00 bits per heavy atom. The summed E-state index contributed by atoms with van der Waals surface area (Å²) in [6.45, 7) is 0. The molecular formula is C16H15N3O2S. The van der Waals surface area contributed by atoms with Gasteiger partial charge in [0.2, 0.25) is 0 Å². The average molecular weight is 313 g/mol. The van der Waals surface area contributed by atoms with E-state index in [2.05, 4.69) is 22.1 Å². The van der Waals surface area contributed by atoms with E-state index in [1.807, 2.05) is 24.3 Å². The highest BCUT2D eigenvalue weighted by Gasteiger charge is 2.11. The Balaban J connectivity index is 1.68. The van der Waals surface area contributed by atoms with E-state index in [1.54, 1.807) is 17.7 Å². The highest BCUT2D eigenvalue weighted by atomic mass is 32.1. The van der Waals surface area contributed by atoms with E-state index in [1.165, 1.54) is 16.9 Å². The molecule has 1 aromatic carbocycles.